The number of amides is 4. The molecule has 0 radical (unpaired) electrons. The summed E-state index contributed by atoms with van der Waals surface area (Å²) in [7, 11) is 3.51. The summed E-state index contributed by atoms with van der Waals surface area (Å²) in [5, 5.41) is 0. The minimum absolute atomic E-state index is 0.00806. The zero-order valence-electron chi connectivity index (χ0n) is 11.1. The molecule has 6 heteroatoms. The monoisotopic (exact) mass is 240 g/mol. The van der Waals surface area contributed by atoms with Crippen molar-refractivity contribution in [2.75, 3.05) is 27.2 Å². The van der Waals surface area contributed by atoms with E-state index in [2.05, 4.69) is 0 Å². The third-order valence-corrected chi connectivity index (χ3v) is 4.10. The Morgan fingerprint density at radius 2 is 1.71 bits per heavy atom. The summed E-state index contributed by atoms with van der Waals surface area (Å²) in [6.45, 7) is 7.05. The Balaban J connectivity index is 2.52. The maximum Gasteiger partial charge on any atom is 0.323 e. The van der Waals surface area contributed by atoms with Crippen LogP contribution in [0.25, 0.3) is 0 Å². The van der Waals surface area contributed by atoms with Gasteiger partial charge in [0, 0.05) is 27.2 Å². The first-order valence-electron chi connectivity index (χ1n) is 6.00. The smallest absolute Gasteiger partial charge is 0.303 e. The Morgan fingerprint density at radius 3 is 2.18 bits per heavy atom. The fourth-order valence-corrected chi connectivity index (χ4v) is 3.12. The molecule has 0 saturated carbocycles. The molecule has 0 aromatic rings. The molecule has 2 atom stereocenters. The molecule has 2 rings (SSSR count). The summed E-state index contributed by atoms with van der Waals surface area (Å²) >= 11 is 0. The number of carbonyl (C=O) groups excluding carboxylic acids is 2. The maximum atomic E-state index is 12.3. The van der Waals surface area contributed by atoms with Crippen LogP contribution in [0.15, 0.2) is 0 Å². The molecule has 0 aliphatic carbocycles. The fraction of sp³-hybridized carbons (Fsp3) is 0.818. The quantitative estimate of drug-likeness (QED) is 0.717. The van der Waals surface area contributed by atoms with Crippen LogP contribution in [0.1, 0.15) is 20.8 Å². The van der Waals surface area contributed by atoms with Crippen LogP contribution in [0.2, 0.25) is 0 Å². The zero-order valence-corrected chi connectivity index (χ0v) is 11.1. The first kappa shape index (κ1) is 12.0. The molecular weight excluding hydrogens is 220 g/mol. The second kappa shape index (κ2) is 3.51. The standard InChI is InChI=1S/C11H20N4O2/c1-6-14-8-11(3,15(7-2)10(14)17)13(5)9(16)12(8)4/h8H,6-7H2,1-5H3. The lowest BCUT2D eigenvalue weighted by atomic mass is 10.1. The van der Waals surface area contributed by atoms with E-state index < -0.39 is 5.66 Å². The first-order chi connectivity index (χ1) is 7.91. The van der Waals surface area contributed by atoms with Gasteiger partial charge in [-0.15, -0.1) is 0 Å². The zero-order chi connectivity index (χ0) is 13.0. The molecular formula is C11H20N4O2. The molecule has 0 bridgehead atoms. The number of nitrogens with zero attached hydrogens (tertiary/aromatic N) is 4. The molecule has 4 amide bonds. The SMILES string of the molecule is CCN1C(=O)N(CC)C2(C)C1N(C)C(=O)N2C. The van der Waals surface area contributed by atoms with Gasteiger partial charge in [0.1, 0.15) is 0 Å². The van der Waals surface area contributed by atoms with Gasteiger partial charge in [0.2, 0.25) is 0 Å². The van der Waals surface area contributed by atoms with Crippen molar-refractivity contribution >= 4 is 12.1 Å². The van der Waals surface area contributed by atoms with Crippen LogP contribution in [0, 0.1) is 0 Å². The summed E-state index contributed by atoms with van der Waals surface area (Å²) in [5.74, 6) is 0. The van der Waals surface area contributed by atoms with E-state index in [1.807, 2.05) is 20.8 Å². The van der Waals surface area contributed by atoms with Gasteiger partial charge < -0.3 is 14.7 Å². The summed E-state index contributed by atoms with van der Waals surface area (Å²) in [4.78, 5) is 31.1. The number of hydrogen-bond acceptors (Lipinski definition) is 2. The van der Waals surface area contributed by atoms with Crippen molar-refractivity contribution in [2.45, 2.75) is 32.6 Å². The van der Waals surface area contributed by atoms with E-state index in [0.29, 0.717) is 13.1 Å². The lowest BCUT2D eigenvalue weighted by Gasteiger charge is -2.37. The summed E-state index contributed by atoms with van der Waals surface area (Å²) < 4.78 is 0. The topological polar surface area (TPSA) is 47.1 Å². The van der Waals surface area contributed by atoms with Crippen molar-refractivity contribution in [3.05, 3.63) is 0 Å². The molecule has 2 aliphatic rings. The molecule has 0 N–H and O–H groups in total. The van der Waals surface area contributed by atoms with E-state index in [1.54, 1.807) is 33.7 Å². The normalized spacial score (nSPS) is 32.9. The van der Waals surface area contributed by atoms with Crippen LogP contribution in [0.3, 0.4) is 0 Å². The molecule has 2 fully saturated rings. The van der Waals surface area contributed by atoms with Crippen LogP contribution in [0.4, 0.5) is 9.59 Å². The number of carbonyl (C=O) groups is 2. The van der Waals surface area contributed by atoms with E-state index in [-0.39, 0.29) is 18.2 Å². The van der Waals surface area contributed by atoms with Gasteiger partial charge in [-0.3, -0.25) is 4.90 Å². The fourth-order valence-electron chi connectivity index (χ4n) is 3.12. The minimum atomic E-state index is -0.562. The highest BCUT2D eigenvalue weighted by Crippen LogP contribution is 2.41. The third kappa shape index (κ3) is 1.15. The highest BCUT2D eigenvalue weighted by molar-refractivity contribution is 5.86. The molecule has 0 aromatic heterocycles. The van der Waals surface area contributed by atoms with Gasteiger partial charge in [0.25, 0.3) is 0 Å². The van der Waals surface area contributed by atoms with Gasteiger partial charge in [-0.05, 0) is 20.8 Å². The molecule has 2 saturated heterocycles. The van der Waals surface area contributed by atoms with Crippen molar-refractivity contribution in [2.24, 2.45) is 0 Å². The van der Waals surface area contributed by atoms with Gasteiger partial charge in [-0.1, -0.05) is 0 Å². The van der Waals surface area contributed by atoms with E-state index >= 15 is 0 Å². The van der Waals surface area contributed by atoms with Gasteiger partial charge >= 0.3 is 12.1 Å². The first-order valence-corrected chi connectivity index (χ1v) is 6.00. The maximum absolute atomic E-state index is 12.3. The van der Waals surface area contributed by atoms with Gasteiger partial charge in [0.15, 0.2) is 11.8 Å². The molecule has 17 heavy (non-hydrogen) atoms. The predicted octanol–water partition coefficient (Wildman–Crippen LogP) is 0.803. The Morgan fingerprint density at radius 1 is 1.12 bits per heavy atom. The Labute approximate surface area is 102 Å². The highest BCUT2D eigenvalue weighted by atomic mass is 16.2. The van der Waals surface area contributed by atoms with Crippen LogP contribution >= 0.6 is 0 Å². The van der Waals surface area contributed by atoms with Crippen LogP contribution in [-0.2, 0) is 0 Å². The number of hydrogen-bond donors (Lipinski definition) is 0. The third-order valence-electron chi connectivity index (χ3n) is 4.10. The van der Waals surface area contributed by atoms with Gasteiger partial charge in [-0.2, -0.15) is 0 Å². The van der Waals surface area contributed by atoms with Crippen molar-refractivity contribution in [1.82, 2.24) is 19.6 Å². The van der Waals surface area contributed by atoms with Crippen molar-refractivity contribution in [3.8, 4) is 0 Å². The van der Waals surface area contributed by atoms with E-state index in [9.17, 15) is 9.59 Å². The highest BCUT2D eigenvalue weighted by Gasteiger charge is 2.64. The number of likely N-dealkylation sites (N-methyl/N-ethyl adjacent to an activating group) is 4. The summed E-state index contributed by atoms with van der Waals surface area (Å²) in [6, 6.07) is -0.0319. The molecule has 96 valence electrons. The second-order valence-corrected chi connectivity index (χ2v) is 4.73. The van der Waals surface area contributed by atoms with Gasteiger partial charge in [0.05, 0.1) is 0 Å². The van der Waals surface area contributed by atoms with Crippen LogP contribution in [0.5, 0.6) is 0 Å². The van der Waals surface area contributed by atoms with Crippen LogP contribution < -0.4 is 0 Å². The number of urea groups is 2. The summed E-state index contributed by atoms with van der Waals surface area (Å²) in [5.41, 5.74) is -0.562. The molecule has 0 spiro atoms. The van der Waals surface area contributed by atoms with E-state index in [0.717, 1.165) is 0 Å². The minimum Gasteiger partial charge on any atom is -0.303 e. The van der Waals surface area contributed by atoms with Crippen LogP contribution in [-0.4, -0.2) is 70.7 Å². The number of fused-ring (bicyclic) bond motifs is 1. The van der Waals surface area contributed by atoms with Crippen molar-refractivity contribution in [3.63, 3.8) is 0 Å². The molecule has 2 heterocycles. The number of rotatable bonds is 2. The average molecular weight is 240 g/mol. The second-order valence-electron chi connectivity index (χ2n) is 4.73. The van der Waals surface area contributed by atoms with E-state index in [1.165, 1.54) is 0 Å². The lowest BCUT2D eigenvalue weighted by Crippen LogP contribution is -2.56. The molecule has 6 nitrogen and oxygen atoms in total. The lowest BCUT2D eigenvalue weighted by molar-refractivity contribution is 0.0486. The Kier molecular flexibility index (Phi) is 2.48. The van der Waals surface area contributed by atoms with Crippen molar-refractivity contribution in [1.29, 1.82) is 0 Å². The largest absolute Gasteiger partial charge is 0.323 e. The Bertz CT molecular complexity index is 372. The van der Waals surface area contributed by atoms with Gasteiger partial charge in [-0.25, -0.2) is 9.59 Å². The predicted molar refractivity (Wildman–Crippen MR) is 63.3 cm³/mol. The van der Waals surface area contributed by atoms with E-state index in [4.69, 9.17) is 0 Å². The molecule has 2 aliphatic heterocycles. The average Bonchev–Trinajstić information content (AvgIpc) is 2.62. The molecule has 2 unspecified atom stereocenters. The Hall–Kier alpha value is -1.46. The van der Waals surface area contributed by atoms with Crippen molar-refractivity contribution < 1.29 is 9.59 Å². The summed E-state index contributed by atoms with van der Waals surface area (Å²) in [6.07, 6.45) is -0.197. The molecule has 0 aromatic carbocycles.